The number of aromatic nitrogens is 2. The lowest BCUT2D eigenvalue weighted by molar-refractivity contribution is -0.120. The van der Waals surface area contributed by atoms with Crippen LogP contribution in [0, 0.1) is 12.7 Å². The molecule has 1 N–H and O–H groups in total. The van der Waals surface area contributed by atoms with Gasteiger partial charge in [0.2, 0.25) is 5.91 Å². The van der Waals surface area contributed by atoms with Gasteiger partial charge in [-0.25, -0.2) is 4.39 Å². The van der Waals surface area contributed by atoms with Gasteiger partial charge in [0, 0.05) is 0 Å². The molecule has 0 aliphatic carbocycles. The van der Waals surface area contributed by atoms with E-state index in [4.69, 9.17) is 9.15 Å². The summed E-state index contributed by atoms with van der Waals surface area (Å²) in [5.74, 6) is 0.568. The predicted molar refractivity (Wildman–Crippen MR) is 108 cm³/mol. The summed E-state index contributed by atoms with van der Waals surface area (Å²) >= 11 is 1.17. The zero-order chi connectivity index (χ0) is 20.8. The van der Waals surface area contributed by atoms with Crippen molar-refractivity contribution < 1.29 is 18.3 Å². The van der Waals surface area contributed by atoms with Gasteiger partial charge >= 0.3 is 0 Å². The molecule has 29 heavy (non-hydrogen) atoms. The first kappa shape index (κ1) is 20.9. The van der Waals surface area contributed by atoms with E-state index in [1.54, 1.807) is 19.1 Å². The van der Waals surface area contributed by atoms with Crippen LogP contribution in [0.2, 0.25) is 0 Å². The molecule has 0 fully saturated rings. The first-order valence-electron chi connectivity index (χ1n) is 9.15. The molecule has 0 aliphatic heterocycles. The molecular weight excluding hydrogens is 393 g/mol. The highest BCUT2D eigenvalue weighted by Gasteiger charge is 2.20. The standard InChI is InChI=1S/C21H22FN3O3S/c1-13-5-4-6-18(11-13)27-12-19-24-25-21(28-19)29-15(3)20(26)23-14(2)16-7-9-17(22)10-8-16/h4-11,14-15H,12H2,1-3H3,(H,23,26)/t14-,15-/m1/s1. The van der Waals surface area contributed by atoms with Gasteiger partial charge in [-0.1, -0.05) is 36.0 Å². The van der Waals surface area contributed by atoms with Gasteiger partial charge in [0.15, 0.2) is 6.61 Å². The van der Waals surface area contributed by atoms with E-state index >= 15 is 0 Å². The van der Waals surface area contributed by atoms with Crippen molar-refractivity contribution >= 4 is 17.7 Å². The molecule has 152 valence electrons. The minimum Gasteiger partial charge on any atom is -0.484 e. The number of halogens is 1. The highest BCUT2D eigenvalue weighted by Crippen LogP contribution is 2.23. The molecule has 2 atom stereocenters. The third kappa shape index (κ3) is 6.05. The Morgan fingerprint density at radius 2 is 1.97 bits per heavy atom. The van der Waals surface area contributed by atoms with Crippen LogP contribution >= 0.6 is 11.8 Å². The maximum absolute atomic E-state index is 13.0. The number of rotatable bonds is 8. The Morgan fingerprint density at radius 1 is 1.21 bits per heavy atom. The van der Waals surface area contributed by atoms with E-state index in [1.165, 1.54) is 23.9 Å². The van der Waals surface area contributed by atoms with Crippen LogP contribution in [-0.2, 0) is 11.4 Å². The number of carbonyl (C=O) groups is 1. The van der Waals surface area contributed by atoms with Gasteiger partial charge in [0.1, 0.15) is 11.6 Å². The molecule has 2 aromatic carbocycles. The van der Waals surface area contributed by atoms with Gasteiger partial charge < -0.3 is 14.5 Å². The SMILES string of the molecule is Cc1cccc(OCc2nnc(S[C@H](C)C(=O)N[C@H](C)c3ccc(F)cc3)o2)c1. The summed E-state index contributed by atoms with van der Waals surface area (Å²) in [6, 6.07) is 13.5. The van der Waals surface area contributed by atoms with Crippen molar-refractivity contribution in [1.82, 2.24) is 15.5 Å². The van der Waals surface area contributed by atoms with Crippen LogP contribution in [0.1, 0.15) is 36.9 Å². The van der Waals surface area contributed by atoms with Crippen LogP contribution in [0.25, 0.3) is 0 Å². The molecule has 0 saturated heterocycles. The van der Waals surface area contributed by atoms with Gasteiger partial charge in [-0.2, -0.15) is 0 Å². The van der Waals surface area contributed by atoms with Crippen molar-refractivity contribution in [3.05, 3.63) is 71.4 Å². The van der Waals surface area contributed by atoms with E-state index in [2.05, 4.69) is 15.5 Å². The fourth-order valence-corrected chi connectivity index (χ4v) is 3.27. The molecule has 8 heteroatoms. The fraction of sp³-hybridized carbons (Fsp3) is 0.286. The Morgan fingerprint density at radius 3 is 2.69 bits per heavy atom. The van der Waals surface area contributed by atoms with Crippen molar-refractivity contribution in [3.8, 4) is 5.75 Å². The van der Waals surface area contributed by atoms with Crippen molar-refractivity contribution in [2.75, 3.05) is 0 Å². The Labute approximate surface area is 172 Å². The molecule has 0 radical (unpaired) electrons. The minimum atomic E-state index is -0.441. The monoisotopic (exact) mass is 415 g/mol. The summed E-state index contributed by atoms with van der Waals surface area (Å²) in [4.78, 5) is 12.4. The molecule has 1 aromatic heterocycles. The third-order valence-corrected chi connectivity index (χ3v) is 5.11. The van der Waals surface area contributed by atoms with Crippen LogP contribution in [0.5, 0.6) is 5.75 Å². The second kappa shape index (κ2) is 9.56. The smallest absolute Gasteiger partial charge is 0.277 e. The van der Waals surface area contributed by atoms with E-state index in [-0.39, 0.29) is 24.4 Å². The highest BCUT2D eigenvalue weighted by atomic mass is 32.2. The molecule has 6 nitrogen and oxygen atoms in total. The quantitative estimate of drug-likeness (QED) is 0.548. The maximum atomic E-state index is 13.0. The van der Waals surface area contributed by atoms with E-state index in [0.717, 1.165) is 16.9 Å². The molecule has 3 rings (SSSR count). The lowest BCUT2D eigenvalue weighted by Gasteiger charge is -2.16. The summed E-state index contributed by atoms with van der Waals surface area (Å²) in [6.07, 6.45) is 0. The second-order valence-corrected chi connectivity index (χ2v) is 7.90. The summed E-state index contributed by atoms with van der Waals surface area (Å²) in [5.41, 5.74) is 1.92. The average Bonchev–Trinajstić information content (AvgIpc) is 3.14. The van der Waals surface area contributed by atoms with E-state index < -0.39 is 5.25 Å². The largest absolute Gasteiger partial charge is 0.484 e. The van der Waals surface area contributed by atoms with Crippen molar-refractivity contribution in [1.29, 1.82) is 0 Å². The highest BCUT2D eigenvalue weighted by molar-refractivity contribution is 8.00. The van der Waals surface area contributed by atoms with Crippen LogP contribution < -0.4 is 10.1 Å². The molecule has 0 unspecified atom stereocenters. The Balaban J connectivity index is 1.50. The van der Waals surface area contributed by atoms with Gasteiger partial charge in [0.05, 0.1) is 11.3 Å². The van der Waals surface area contributed by atoms with Gasteiger partial charge in [-0.3, -0.25) is 4.79 Å². The molecule has 3 aromatic rings. The molecule has 0 aliphatic rings. The average molecular weight is 415 g/mol. The Bertz CT molecular complexity index is 962. The lowest BCUT2D eigenvalue weighted by Crippen LogP contribution is -2.33. The van der Waals surface area contributed by atoms with Crippen LogP contribution in [0.15, 0.2) is 58.2 Å². The zero-order valence-corrected chi connectivity index (χ0v) is 17.2. The molecule has 1 heterocycles. The van der Waals surface area contributed by atoms with Gasteiger partial charge in [-0.15, -0.1) is 10.2 Å². The Hall–Kier alpha value is -2.87. The number of benzene rings is 2. The van der Waals surface area contributed by atoms with E-state index in [0.29, 0.717) is 11.1 Å². The minimum absolute atomic E-state index is 0.152. The molecular formula is C21H22FN3O3S. The molecule has 0 spiro atoms. The Kier molecular flexibility index (Phi) is 6.87. The lowest BCUT2D eigenvalue weighted by atomic mass is 10.1. The number of ether oxygens (including phenoxy) is 1. The number of nitrogens with one attached hydrogen (secondary N) is 1. The molecule has 0 saturated carbocycles. The maximum Gasteiger partial charge on any atom is 0.277 e. The molecule has 1 amide bonds. The summed E-state index contributed by atoms with van der Waals surface area (Å²) in [7, 11) is 0. The summed E-state index contributed by atoms with van der Waals surface area (Å²) in [5, 5.41) is 10.7. The number of hydrogen-bond donors (Lipinski definition) is 1. The zero-order valence-electron chi connectivity index (χ0n) is 16.4. The van der Waals surface area contributed by atoms with Crippen LogP contribution in [0.3, 0.4) is 0 Å². The van der Waals surface area contributed by atoms with Crippen molar-refractivity contribution in [2.24, 2.45) is 0 Å². The van der Waals surface area contributed by atoms with Crippen molar-refractivity contribution in [3.63, 3.8) is 0 Å². The summed E-state index contributed by atoms with van der Waals surface area (Å²) in [6.45, 7) is 5.73. The first-order valence-corrected chi connectivity index (χ1v) is 10.0. The second-order valence-electron chi connectivity index (χ2n) is 6.61. The first-order chi connectivity index (χ1) is 13.9. The third-order valence-electron chi connectivity index (χ3n) is 4.18. The topological polar surface area (TPSA) is 77.2 Å². The van der Waals surface area contributed by atoms with E-state index in [9.17, 15) is 9.18 Å². The van der Waals surface area contributed by atoms with Crippen LogP contribution in [-0.4, -0.2) is 21.4 Å². The number of hydrogen-bond acceptors (Lipinski definition) is 6. The van der Waals surface area contributed by atoms with Crippen LogP contribution in [0.4, 0.5) is 4.39 Å². The number of thioether (sulfide) groups is 1. The summed E-state index contributed by atoms with van der Waals surface area (Å²) < 4.78 is 24.2. The normalized spacial score (nSPS) is 13.0. The van der Waals surface area contributed by atoms with Gasteiger partial charge in [-0.05, 0) is 56.2 Å². The number of aryl methyl sites for hydroxylation is 1. The predicted octanol–water partition coefficient (Wildman–Crippen LogP) is 4.45. The fourth-order valence-electron chi connectivity index (χ4n) is 2.56. The number of carbonyl (C=O) groups excluding carboxylic acids is 1. The number of amides is 1. The van der Waals surface area contributed by atoms with E-state index in [1.807, 2.05) is 38.1 Å². The van der Waals surface area contributed by atoms with Crippen molar-refractivity contribution in [2.45, 2.75) is 43.9 Å². The van der Waals surface area contributed by atoms with Gasteiger partial charge in [0.25, 0.3) is 11.1 Å². The molecule has 0 bridgehead atoms. The number of nitrogens with zero attached hydrogens (tertiary/aromatic N) is 2.